The average molecular weight is 267 g/mol. The van der Waals surface area contributed by atoms with Crippen molar-refractivity contribution in [2.75, 3.05) is 17.2 Å². The number of nitrogens with zero attached hydrogens (tertiary/aromatic N) is 3. The van der Waals surface area contributed by atoms with Crippen molar-refractivity contribution >= 4 is 17.4 Å². The molecule has 1 aromatic carbocycles. The fourth-order valence-electron chi connectivity index (χ4n) is 1.54. The summed E-state index contributed by atoms with van der Waals surface area (Å²) in [6, 6.07) is 8.61. The normalized spacial score (nSPS) is 9.60. The van der Waals surface area contributed by atoms with Crippen LogP contribution in [0.15, 0.2) is 36.7 Å². The van der Waals surface area contributed by atoms with Gasteiger partial charge in [-0.25, -0.2) is 9.97 Å². The summed E-state index contributed by atoms with van der Waals surface area (Å²) in [6.07, 6.45) is 2.92. The molecule has 2 N–H and O–H groups in total. The van der Waals surface area contributed by atoms with Crippen LogP contribution in [0.4, 0.5) is 11.5 Å². The summed E-state index contributed by atoms with van der Waals surface area (Å²) in [6.45, 7) is 2.69. The standard InChI is InChI=1S/C14H13N5O/c1-2-16-13-9-17-12(8-18-13)14(20)19-11-5-3-10(7-15)4-6-11/h3-6,8-9H,2H2,1H3,(H,16,18)(H,19,20). The van der Waals surface area contributed by atoms with Crippen molar-refractivity contribution < 1.29 is 4.79 Å². The van der Waals surface area contributed by atoms with Gasteiger partial charge in [0.1, 0.15) is 11.5 Å². The number of hydrogen-bond acceptors (Lipinski definition) is 5. The van der Waals surface area contributed by atoms with Crippen molar-refractivity contribution in [3.63, 3.8) is 0 Å². The van der Waals surface area contributed by atoms with Gasteiger partial charge in [-0.3, -0.25) is 4.79 Å². The smallest absolute Gasteiger partial charge is 0.275 e. The number of carbonyl (C=O) groups is 1. The molecule has 1 aromatic heterocycles. The minimum absolute atomic E-state index is 0.232. The molecule has 1 heterocycles. The lowest BCUT2D eigenvalue weighted by atomic mass is 10.2. The first-order chi connectivity index (χ1) is 9.72. The van der Waals surface area contributed by atoms with Gasteiger partial charge in [-0.2, -0.15) is 5.26 Å². The maximum absolute atomic E-state index is 11.9. The van der Waals surface area contributed by atoms with Gasteiger partial charge < -0.3 is 10.6 Å². The number of benzene rings is 1. The Morgan fingerprint density at radius 3 is 2.55 bits per heavy atom. The highest BCUT2D eigenvalue weighted by Crippen LogP contribution is 2.10. The van der Waals surface area contributed by atoms with Crippen molar-refractivity contribution in [2.45, 2.75) is 6.92 Å². The topological polar surface area (TPSA) is 90.7 Å². The number of nitrogens with one attached hydrogen (secondary N) is 2. The molecule has 0 spiro atoms. The summed E-state index contributed by atoms with van der Waals surface area (Å²) in [5.74, 6) is 0.285. The number of aromatic nitrogens is 2. The molecule has 0 aliphatic rings. The predicted octanol–water partition coefficient (Wildman–Crippen LogP) is 2.03. The second-order valence-corrected chi connectivity index (χ2v) is 3.96. The summed E-state index contributed by atoms with van der Waals surface area (Å²) in [5.41, 5.74) is 1.38. The van der Waals surface area contributed by atoms with E-state index in [1.54, 1.807) is 24.3 Å². The highest BCUT2D eigenvalue weighted by Gasteiger charge is 2.08. The number of rotatable bonds is 4. The summed E-state index contributed by atoms with van der Waals surface area (Å²) in [5, 5.41) is 14.4. The Morgan fingerprint density at radius 2 is 2.00 bits per heavy atom. The van der Waals surface area contributed by atoms with E-state index in [1.807, 2.05) is 13.0 Å². The Kier molecular flexibility index (Phi) is 4.24. The largest absolute Gasteiger partial charge is 0.369 e. The van der Waals surface area contributed by atoms with E-state index < -0.39 is 0 Å². The lowest BCUT2D eigenvalue weighted by molar-refractivity contribution is 0.102. The van der Waals surface area contributed by atoms with Crippen molar-refractivity contribution in [1.82, 2.24) is 9.97 Å². The molecule has 0 fully saturated rings. The Balaban J connectivity index is 2.05. The first-order valence-corrected chi connectivity index (χ1v) is 6.10. The summed E-state index contributed by atoms with van der Waals surface area (Å²) < 4.78 is 0. The van der Waals surface area contributed by atoms with E-state index in [0.29, 0.717) is 17.1 Å². The van der Waals surface area contributed by atoms with Gasteiger partial charge in [-0.15, -0.1) is 0 Å². The molecule has 0 unspecified atom stereocenters. The van der Waals surface area contributed by atoms with Crippen molar-refractivity contribution in [3.8, 4) is 6.07 Å². The molecule has 20 heavy (non-hydrogen) atoms. The number of hydrogen-bond donors (Lipinski definition) is 2. The monoisotopic (exact) mass is 267 g/mol. The van der Waals surface area contributed by atoms with E-state index >= 15 is 0 Å². The van der Waals surface area contributed by atoms with Crippen LogP contribution in [0.5, 0.6) is 0 Å². The van der Waals surface area contributed by atoms with Gasteiger partial charge in [0.2, 0.25) is 0 Å². The predicted molar refractivity (Wildman–Crippen MR) is 75.3 cm³/mol. The third-order valence-corrected chi connectivity index (χ3v) is 2.51. The van der Waals surface area contributed by atoms with Gasteiger partial charge in [0.15, 0.2) is 0 Å². The van der Waals surface area contributed by atoms with Crippen LogP contribution < -0.4 is 10.6 Å². The van der Waals surface area contributed by atoms with Crippen LogP contribution in [-0.4, -0.2) is 22.4 Å². The molecule has 0 saturated carbocycles. The van der Waals surface area contributed by atoms with Crippen LogP contribution in [0.1, 0.15) is 23.0 Å². The van der Waals surface area contributed by atoms with E-state index in [1.165, 1.54) is 12.4 Å². The Labute approximate surface area is 116 Å². The summed E-state index contributed by atoms with van der Waals surface area (Å²) >= 11 is 0. The molecule has 0 bridgehead atoms. The SMILES string of the molecule is CCNc1cnc(C(=O)Nc2ccc(C#N)cc2)cn1. The van der Waals surface area contributed by atoms with E-state index in [4.69, 9.17) is 5.26 Å². The zero-order chi connectivity index (χ0) is 14.4. The molecular weight excluding hydrogens is 254 g/mol. The Hall–Kier alpha value is -2.94. The Morgan fingerprint density at radius 1 is 1.25 bits per heavy atom. The van der Waals surface area contributed by atoms with Crippen molar-refractivity contribution in [3.05, 3.63) is 47.9 Å². The third-order valence-electron chi connectivity index (χ3n) is 2.51. The van der Waals surface area contributed by atoms with E-state index in [-0.39, 0.29) is 11.6 Å². The molecule has 0 radical (unpaired) electrons. The van der Waals surface area contributed by atoms with Gasteiger partial charge in [0.25, 0.3) is 5.91 Å². The lowest BCUT2D eigenvalue weighted by Crippen LogP contribution is -2.14. The van der Waals surface area contributed by atoms with Gasteiger partial charge in [-0.1, -0.05) is 0 Å². The summed E-state index contributed by atoms with van der Waals surface area (Å²) in [7, 11) is 0. The zero-order valence-corrected chi connectivity index (χ0v) is 10.9. The van der Waals surface area contributed by atoms with Crippen molar-refractivity contribution in [2.24, 2.45) is 0 Å². The Bertz CT molecular complexity index is 628. The van der Waals surface area contributed by atoms with Crippen LogP contribution in [0.25, 0.3) is 0 Å². The van der Waals surface area contributed by atoms with Crippen LogP contribution in [0, 0.1) is 11.3 Å². The van der Waals surface area contributed by atoms with Gasteiger partial charge in [-0.05, 0) is 31.2 Å². The van der Waals surface area contributed by atoms with Gasteiger partial charge in [0.05, 0.1) is 24.0 Å². The molecule has 2 rings (SSSR count). The molecule has 0 saturated heterocycles. The van der Waals surface area contributed by atoms with Crippen LogP contribution >= 0.6 is 0 Å². The fourth-order valence-corrected chi connectivity index (χ4v) is 1.54. The first-order valence-electron chi connectivity index (χ1n) is 6.10. The minimum Gasteiger partial charge on any atom is -0.369 e. The van der Waals surface area contributed by atoms with Crippen LogP contribution in [0.2, 0.25) is 0 Å². The second-order valence-electron chi connectivity index (χ2n) is 3.96. The number of nitriles is 1. The van der Waals surface area contributed by atoms with E-state index in [9.17, 15) is 4.79 Å². The molecule has 0 aliphatic carbocycles. The molecule has 100 valence electrons. The highest BCUT2D eigenvalue weighted by molar-refractivity contribution is 6.02. The van der Waals surface area contributed by atoms with Crippen molar-refractivity contribution in [1.29, 1.82) is 5.26 Å². The van der Waals surface area contributed by atoms with Crippen LogP contribution in [0.3, 0.4) is 0 Å². The lowest BCUT2D eigenvalue weighted by Gasteiger charge is -2.05. The highest BCUT2D eigenvalue weighted by atomic mass is 16.1. The number of carbonyl (C=O) groups excluding carboxylic acids is 1. The zero-order valence-electron chi connectivity index (χ0n) is 10.9. The van der Waals surface area contributed by atoms with E-state index in [2.05, 4.69) is 20.6 Å². The molecule has 0 aliphatic heterocycles. The molecule has 1 amide bonds. The minimum atomic E-state index is -0.342. The van der Waals surface area contributed by atoms with Gasteiger partial charge in [0, 0.05) is 12.2 Å². The van der Waals surface area contributed by atoms with Crippen LogP contribution in [-0.2, 0) is 0 Å². The fraction of sp³-hybridized carbons (Fsp3) is 0.143. The quantitative estimate of drug-likeness (QED) is 0.884. The molecule has 6 nitrogen and oxygen atoms in total. The van der Waals surface area contributed by atoms with Gasteiger partial charge >= 0.3 is 0 Å². The van der Waals surface area contributed by atoms with E-state index in [0.717, 1.165) is 6.54 Å². The average Bonchev–Trinajstić information content (AvgIpc) is 2.49. The molecular formula is C14H13N5O. The molecule has 6 heteroatoms. The second kappa shape index (κ2) is 6.29. The maximum Gasteiger partial charge on any atom is 0.275 e. The molecule has 2 aromatic rings. The first kappa shape index (κ1) is 13.5. The number of anilines is 2. The maximum atomic E-state index is 11.9. The number of amides is 1. The third kappa shape index (κ3) is 3.29. The summed E-state index contributed by atoms with van der Waals surface area (Å²) in [4.78, 5) is 20.1. The molecule has 0 atom stereocenters.